The van der Waals surface area contributed by atoms with Gasteiger partial charge in [0, 0.05) is 74.4 Å². The summed E-state index contributed by atoms with van der Waals surface area (Å²) < 4.78 is 19.8. The number of hydrogen-bond acceptors (Lipinski definition) is 9. The number of likely N-dealkylation sites (N-methyl/N-ethyl adjacent to an activating group) is 1. The number of piperazine rings is 1. The molecule has 0 spiro atoms. The Morgan fingerprint density at radius 1 is 1.11 bits per heavy atom. The van der Waals surface area contributed by atoms with E-state index in [1.165, 1.54) is 7.05 Å². The summed E-state index contributed by atoms with van der Waals surface area (Å²) >= 11 is 0. The summed E-state index contributed by atoms with van der Waals surface area (Å²) in [7, 11) is 5.32. The molecule has 0 bridgehead atoms. The molecule has 2 fully saturated rings. The number of ketones is 1. The first-order valence-corrected chi connectivity index (χ1v) is 14.9. The number of nitrogens with zero attached hydrogens (tertiary/aromatic N) is 5. The van der Waals surface area contributed by atoms with Crippen LogP contribution in [0.5, 0.6) is 11.5 Å². The Morgan fingerprint density at radius 3 is 2.68 bits per heavy atom. The van der Waals surface area contributed by atoms with E-state index in [1.807, 2.05) is 18.2 Å². The number of anilines is 1. The second kappa shape index (κ2) is 11.4. The number of rotatable bonds is 8. The predicted octanol–water partition coefficient (Wildman–Crippen LogP) is 4.19. The maximum Gasteiger partial charge on any atom is 0.318 e. The van der Waals surface area contributed by atoms with Crippen molar-refractivity contribution >= 4 is 34.5 Å². The van der Waals surface area contributed by atoms with Crippen molar-refractivity contribution in [3.05, 3.63) is 59.1 Å². The minimum absolute atomic E-state index is 0.168. The zero-order valence-corrected chi connectivity index (χ0v) is 25.1. The maximum absolute atomic E-state index is 13.7. The number of methoxy groups -OCH3 is 1. The molecule has 1 saturated heterocycles. The average Bonchev–Trinajstić information content (AvgIpc) is 3.59. The first-order valence-electron chi connectivity index (χ1n) is 14.9. The Kier molecular flexibility index (Phi) is 7.31. The van der Waals surface area contributed by atoms with Crippen LogP contribution in [-0.4, -0.2) is 90.3 Å². The van der Waals surface area contributed by atoms with E-state index in [0.29, 0.717) is 46.9 Å². The van der Waals surface area contributed by atoms with Gasteiger partial charge in [0.15, 0.2) is 11.6 Å². The topological polar surface area (TPSA) is 127 Å². The van der Waals surface area contributed by atoms with Crippen LogP contribution in [0, 0.1) is 0 Å². The number of fused-ring (bicyclic) bond motifs is 2. The second-order valence-electron chi connectivity index (χ2n) is 11.5. The highest BCUT2D eigenvalue weighted by Crippen LogP contribution is 2.42. The number of nitrogens with one attached hydrogen (secondary N) is 2. The molecule has 2 aromatic heterocycles. The zero-order chi connectivity index (χ0) is 30.4. The van der Waals surface area contributed by atoms with Crippen molar-refractivity contribution < 1.29 is 23.6 Å². The highest BCUT2D eigenvalue weighted by molar-refractivity contribution is 6.16. The molecule has 1 saturated carbocycles. The third-order valence-corrected chi connectivity index (χ3v) is 8.56. The summed E-state index contributed by atoms with van der Waals surface area (Å²) in [6.07, 6.45) is 3.87. The number of carbonyl (C=O) groups excluding carboxylic acids is 2. The van der Waals surface area contributed by atoms with Crippen LogP contribution in [0.3, 0.4) is 0 Å². The fraction of sp³-hybridized carbons (Fsp3) is 0.375. The molecule has 0 unspecified atom stereocenters. The molecular formula is C32H35N7O5. The molecule has 7 rings (SSSR count). The highest BCUT2D eigenvalue weighted by atomic mass is 16.5. The molecule has 44 heavy (non-hydrogen) atoms. The SMILES string of the molecule is CNC(=O)Nc1ccc2c(c1)C(=O)C(=Cc1c(-c3nc(C4CC4)no3)n(CCN3CCN(C)CC3)c3ccc(OC)cc13)O2. The van der Waals surface area contributed by atoms with Crippen molar-refractivity contribution in [1.29, 1.82) is 0 Å². The van der Waals surface area contributed by atoms with Crippen LogP contribution in [-0.2, 0) is 6.54 Å². The molecule has 4 heterocycles. The third-order valence-electron chi connectivity index (χ3n) is 8.56. The number of aromatic nitrogens is 3. The summed E-state index contributed by atoms with van der Waals surface area (Å²) in [5.41, 5.74) is 3.31. The molecular weight excluding hydrogens is 562 g/mol. The molecule has 3 aliphatic rings. The standard InChI is InChI=1S/C32H35N7O5/c1-33-32(41)34-20-6-9-26-24(16-20)29(40)27(43-26)18-23-22-17-21(42-3)7-8-25(22)39(15-14-38-12-10-37(2)11-13-38)28(23)31-35-30(36-44-31)19-4-5-19/h6-9,16-19H,4-5,10-15H2,1-3H3,(H2,33,34,41). The van der Waals surface area contributed by atoms with E-state index in [1.54, 1.807) is 31.4 Å². The predicted molar refractivity (Wildman–Crippen MR) is 165 cm³/mol. The first-order chi connectivity index (χ1) is 21.4. The van der Waals surface area contributed by atoms with Gasteiger partial charge in [-0.05, 0) is 62.4 Å². The van der Waals surface area contributed by atoms with Crippen LogP contribution in [0.15, 0.2) is 46.7 Å². The minimum Gasteiger partial charge on any atom is -0.497 e. The number of carbonyl (C=O) groups is 2. The van der Waals surface area contributed by atoms with E-state index >= 15 is 0 Å². The van der Waals surface area contributed by atoms with E-state index < -0.39 is 0 Å². The van der Waals surface area contributed by atoms with E-state index in [4.69, 9.17) is 19.0 Å². The van der Waals surface area contributed by atoms with Crippen molar-refractivity contribution in [1.82, 2.24) is 29.8 Å². The first kappa shape index (κ1) is 28.1. The number of ether oxygens (including phenoxy) is 2. The zero-order valence-electron chi connectivity index (χ0n) is 25.1. The Labute approximate surface area is 254 Å². The lowest BCUT2D eigenvalue weighted by Crippen LogP contribution is -2.45. The van der Waals surface area contributed by atoms with Gasteiger partial charge in [-0.2, -0.15) is 4.98 Å². The van der Waals surface area contributed by atoms with Crippen molar-refractivity contribution in [3.63, 3.8) is 0 Å². The van der Waals surface area contributed by atoms with E-state index in [2.05, 4.69) is 37.2 Å². The Hall–Kier alpha value is -4.68. The largest absolute Gasteiger partial charge is 0.497 e. The van der Waals surface area contributed by atoms with E-state index in [9.17, 15) is 9.59 Å². The van der Waals surface area contributed by atoms with Crippen LogP contribution < -0.4 is 20.1 Å². The number of amides is 2. The molecule has 2 aliphatic heterocycles. The van der Waals surface area contributed by atoms with E-state index in [0.717, 1.165) is 67.7 Å². The number of benzene rings is 2. The molecule has 12 heteroatoms. The van der Waals surface area contributed by atoms with Gasteiger partial charge in [0.1, 0.15) is 17.2 Å². The van der Waals surface area contributed by atoms with Gasteiger partial charge in [0.05, 0.1) is 12.7 Å². The monoisotopic (exact) mass is 597 g/mol. The number of Topliss-reactive ketones (excluding diaryl/α,β-unsaturated/α-hetero) is 1. The van der Waals surface area contributed by atoms with Gasteiger partial charge in [-0.1, -0.05) is 5.16 Å². The molecule has 12 nitrogen and oxygen atoms in total. The Morgan fingerprint density at radius 2 is 1.93 bits per heavy atom. The van der Waals surface area contributed by atoms with Gasteiger partial charge in [-0.3, -0.25) is 9.69 Å². The summed E-state index contributed by atoms with van der Waals surface area (Å²) in [5, 5.41) is 10.4. The third kappa shape index (κ3) is 5.31. The quantitative estimate of drug-likeness (QED) is 0.288. The van der Waals surface area contributed by atoms with Crippen molar-refractivity contribution in [2.24, 2.45) is 0 Å². The molecule has 228 valence electrons. The van der Waals surface area contributed by atoms with Gasteiger partial charge >= 0.3 is 6.03 Å². The maximum atomic E-state index is 13.7. The van der Waals surface area contributed by atoms with Crippen LogP contribution in [0.25, 0.3) is 28.6 Å². The molecule has 2 aromatic carbocycles. The van der Waals surface area contributed by atoms with Crippen LogP contribution in [0.1, 0.15) is 40.5 Å². The van der Waals surface area contributed by atoms with Gasteiger partial charge in [0.25, 0.3) is 5.89 Å². The van der Waals surface area contributed by atoms with Crippen molar-refractivity contribution in [2.45, 2.75) is 25.3 Å². The minimum atomic E-state index is -0.375. The Bertz CT molecular complexity index is 1780. The van der Waals surface area contributed by atoms with E-state index in [-0.39, 0.29) is 17.6 Å². The van der Waals surface area contributed by atoms with Crippen molar-refractivity contribution in [3.8, 4) is 23.1 Å². The fourth-order valence-electron chi connectivity index (χ4n) is 5.84. The summed E-state index contributed by atoms with van der Waals surface area (Å²) in [6, 6.07) is 10.6. The molecule has 0 radical (unpaired) electrons. The van der Waals surface area contributed by atoms with Crippen LogP contribution >= 0.6 is 0 Å². The van der Waals surface area contributed by atoms with Crippen molar-refractivity contribution in [2.75, 3.05) is 59.2 Å². The number of urea groups is 1. The van der Waals surface area contributed by atoms with Gasteiger partial charge in [-0.25, -0.2) is 4.79 Å². The second-order valence-corrected chi connectivity index (χ2v) is 11.5. The molecule has 2 amide bonds. The highest BCUT2D eigenvalue weighted by Gasteiger charge is 2.33. The summed E-state index contributed by atoms with van der Waals surface area (Å²) in [6.45, 7) is 5.60. The lowest BCUT2D eigenvalue weighted by molar-refractivity contribution is 0.101. The average molecular weight is 598 g/mol. The normalized spacial score (nSPS) is 18.1. The summed E-state index contributed by atoms with van der Waals surface area (Å²) in [5.74, 6) is 2.45. The molecule has 0 atom stereocenters. The Balaban J connectivity index is 1.33. The van der Waals surface area contributed by atoms with Gasteiger partial charge in [-0.15, -0.1) is 0 Å². The smallest absolute Gasteiger partial charge is 0.318 e. The molecule has 1 aliphatic carbocycles. The lowest BCUT2D eigenvalue weighted by atomic mass is 10.1. The fourth-order valence-corrected chi connectivity index (χ4v) is 5.84. The van der Waals surface area contributed by atoms with Crippen LogP contribution in [0.4, 0.5) is 10.5 Å². The number of allylic oxidation sites excluding steroid dienone is 1. The molecule has 2 N–H and O–H groups in total. The van der Waals surface area contributed by atoms with Gasteiger partial charge < -0.3 is 34.1 Å². The van der Waals surface area contributed by atoms with Gasteiger partial charge in [0.2, 0.25) is 5.78 Å². The lowest BCUT2D eigenvalue weighted by Gasteiger charge is -2.32. The molecule has 4 aromatic rings. The number of hydrogen-bond donors (Lipinski definition) is 2. The van der Waals surface area contributed by atoms with Crippen LogP contribution in [0.2, 0.25) is 0 Å². The summed E-state index contributed by atoms with van der Waals surface area (Å²) in [4.78, 5) is 35.2.